The van der Waals surface area contributed by atoms with Crippen molar-refractivity contribution in [2.45, 2.75) is 286 Å². The Hall–Kier alpha value is -7.58. The van der Waals surface area contributed by atoms with Gasteiger partial charge in [-0.2, -0.15) is 5.48 Å². The number of anilines is 1. The van der Waals surface area contributed by atoms with Gasteiger partial charge in [-0.3, -0.25) is 38.4 Å². The van der Waals surface area contributed by atoms with Crippen LogP contribution >= 0.6 is 55.9 Å². The van der Waals surface area contributed by atoms with Gasteiger partial charge in [-0.25, -0.2) is 9.59 Å². The number of nitrogens with two attached hydrogens (primary N) is 2. The molecule has 0 aromatic heterocycles. The lowest BCUT2D eigenvalue weighted by Gasteiger charge is -2.47. The molecule has 2 aromatic carbocycles. The lowest BCUT2D eigenvalue weighted by molar-refractivity contribution is -0.337. The number of hydrogen-bond acceptors (Lipinski definition) is 34. The number of carbonyl (C=O) groups excluding carboxylic acids is 10. The smallest absolute Gasteiger partial charge is 0.410 e. The van der Waals surface area contributed by atoms with Crippen molar-refractivity contribution >= 4 is 120 Å². The number of amides is 6. The minimum Gasteiger partial charge on any atom is -0.492 e. The molecule has 8 rings (SSSR count). The highest BCUT2D eigenvalue weighted by Crippen LogP contribution is 2.50. The molecule has 41 heteroatoms. The normalized spacial score (nSPS) is 27.8. The zero-order chi connectivity index (χ0) is 97.2. The zero-order valence-corrected chi connectivity index (χ0v) is 82.0. The van der Waals surface area contributed by atoms with Crippen molar-refractivity contribution in [2.75, 3.05) is 79.4 Å². The Kier molecular flexibility index (Phi) is 43.3. The van der Waals surface area contributed by atoms with Gasteiger partial charge in [0.25, 0.3) is 0 Å². The van der Waals surface area contributed by atoms with E-state index in [4.69, 9.17) is 77.9 Å². The Balaban J connectivity index is 1.02. The Morgan fingerprint density at radius 2 is 1.48 bits per heavy atom. The van der Waals surface area contributed by atoms with Crippen molar-refractivity contribution in [2.24, 2.45) is 29.2 Å². The molecule has 22 atom stereocenters. The Bertz CT molecular complexity index is 4550. The van der Waals surface area contributed by atoms with Crippen LogP contribution in [0.25, 0.3) is 0 Å². The Morgan fingerprint density at radius 1 is 0.795 bits per heavy atom. The second kappa shape index (κ2) is 52.1. The number of aliphatic hydroxyl groups is 5. The molecule has 0 radical (unpaired) electrons. The number of nitrogens with one attached hydrogen (secondary N) is 5. The number of ether oxygens (including phenoxy) is 13. The number of nitrogens with zero attached hydrogens (tertiary/aromatic N) is 1. The van der Waals surface area contributed by atoms with Gasteiger partial charge in [0.15, 0.2) is 47.5 Å². The van der Waals surface area contributed by atoms with Crippen LogP contribution < -0.4 is 52.4 Å². The fourth-order valence-corrected chi connectivity index (χ4v) is 20.4. The summed E-state index contributed by atoms with van der Waals surface area (Å²) in [6.07, 6.45) is -14.6. The average Bonchev–Trinajstić information content (AvgIpc) is 0.751. The van der Waals surface area contributed by atoms with E-state index in [1.807, 2.05) is 36.4 Å². The van der Waals surface area contributed by atoms with Crippen molar-refractivity contribution in [3.05, 3.63) is 79.5 Å². The molecule has 0 saturated carbocycles. The summed E-state index contributed by atoms with van der Waals surface area (Å²) in [6, 6.07) is 2.62. The third-order valence-corrected chi connectivity index (χ3v) is 29.3. The second-order valence-electron chi connectivity index (χ2n) is 34.0. The van der Waals surface area contributed by atoms with Gasteiger partial charge in [0.2, 0.25) is 34.9 Å². The van der Waals surface area contributed by atoms with Crippen LogP contribution in [0.1, 0.15) is 168 Å². The third kappa shape index (κ3) is 30.0. The number of thioether (sulfide) groups is 1. The average molecular weight is 2020 g/mol. The van der Waals surface area contributed by atoms with Crippen molar-refractivity contribution in [1.82, 2.24) is 26.3 Å². The minimum atomic E-state index is -2.19. The summed E-state index contributed by atoms with van der Waals surface area (Å²) in [4.78, 5) is 142. The number of aliphatic hydroxyl groups excluding tert-OH is 4. The van der Waals surface area contributed by atoms with Crippen LogP contribution in [0, 0.1) is 51.9 Å². The summed E-state index contributed by atoms with van der Waals surface area (Å²) in [5, 5.41) is 69.3. The minimum absolute atomic E-state index is 0.00909. The molecular formula is C91H129IN8O29S3. The fourth-order valence-electron chi connectivity index (χ4n) is 16.2. The van der Waals surface area contributed by atoms with Crippen LogP contribution in [0.2, 0.25) is 0 Å². The van der Waals surface area contributed by atoms with Gasteiger partial charge in [0, 0.05) is 111 Å². The molecule has 4 aliphatic heterocycles. The highest BCUT2D eigenvalue weighted by molar-refractivity contribution is 14.1. The van der Waals surface area contributed by atoms with Crippen LogP contribution in [0.3, 0.4) is 0 Å². The van der Waals surface area contributed by atoms with Crippen molar-refractivity contribution < 1.29 is 140 Å². The first-order valence-corrected chi connectivity index (χ1v) is 48.2. The molecule has 4 fully saturated rings. The number of unbranched alkanes of at least 4 members (excludes halogenated alkanes) is 1. The van der Waals surface area contributed by atoms with Crippen molar-refractivity contribution in [1.29, 1.82) is 0 Å². The number of primary amides is 1. The molecule has 2 aromatic rings. The lowest BCUT2D eigenvalue weighted by Crippen LogP contribution is -2.65. The summed E-state index contributed by atoms with van der Waals surface area (Å²) >= 11 is 2.75. The Morgan fingerprint density at radius 3 is 2.12 bits per heavy atom. The van der Waals surface area contributed by atoms with Gasteiger partial charge in [0.05, 0.1) is 104 Å². The number of Topliss-reactive ketones (excluding diaryl/α,β-unsaturated/α-hetero) is 3. The SMILES string of the molecule is CCN(C(=O)OCc1ccc(NC(=O)[C@H](CCCNC(N)=O)CC(=O)[C@@H](NC(=O)[C@H](CCCCN)CC(C)=O)C(C)C)cc1)[C@H]1CO[C@@H](O[C@H]2[C@H](O[C@H]3C#C/C=C\C#C[C@]4(O)CC(=O)C(CC(=O)OC)=C3/C4=C\CSSC(C)(C)CCNC(C)=O)O[C@H](C)[C@@H](NO[C@H]3C[C@H](O)[C@H](SC(=O)c4c(C)c(I)c(O[C@@H]5O[C@@H](C)[C@H](O)[C@@H](OC)[C@H]5O)c(OC)c4OC)[C@@H](C)O3)[C@@H]2O)C[C@@H]1OC. The van der Waals surface area contributed by atoms with E-state index in [9.17, 15) is 73.5 Å². The number of likely N-dealkylation sites (N-methyl/N-ethyl adjacent to an activating group) is 1. The number of methoxy groups -OCH3 is 5. The summed E-state index contributed by atoms with van der Waals surface area (Å²) in [5.74, 6) is 6.67. The summed E-state index contributed by atoms with van der Waals surface area (Å²) < 4.78 is 79.7. The first-order valence-electron chi connectivity index (χ1n) is 44.0. The first-order chi connectivity index (χ1) is 62.7. The molecule has 2 aliphatic carbocycles. The molecule has 4 saturated heterocycles. The van der Waals surface area contributed by atoms with E-state index in [-0.39, 0.29) is 132 Å². The molecule has 4 heterocycles. The molecule has 0 unspecified atom stereocenters. The highest BCUT2D eigenvalue weighted by Gasteiger charge is 2.53. The lowest BCUT2D eigenvalue weighted by atomic mass is 9.72. The van der Waals surface area contributed by atoms with E-state index in [1.165, 1.54) is 80.9 Å². The standard InChI is InChI=1S/C91H129IN8O29S3/c1-17-100(89(114)122-45-54-28-30-57(31-29-54)97-83(110)56(26-24-36-96-88(94)113)40-61(103)72(47(2)3)98-84(111)55(39-48(4)101)25-21-23-35-93)60-46-121-67(43-65(60)116-12)127-80-75(108)73(99-129-68-42-62(104)82(52(8)123-68)131-85(112)69-49(5)71(92)78(81(120-16)77(69)118-14)128-86-76(109)79(119-15)74(107)51(7)125-86)50(6)124-87(80)126-64-27-20-18-19-22-33-91(115)44-63(105)58(41-66(106)117-13)70(64)59(91)32-38-130-132-90(10,11)34-37-95-53(9)102/h18-19,28-32,47,50-52,55-56,60,62,64-65,67-68,72-76,79-80,82,86-87,99,104,107-109,115H,17,21,23-26,34-46,93H2,1-16H3,(H,95,102)(H,97,110)(H,98,111)(H3,94,96,113)/b19-18-,59-32+/t50-,51+,52-,55-,56-,60+,62+,64+,65+,67+,68+,72+,73-,74+,75+,76-,79-,80-,82-,86+,87+,91+/m1/s1. The summed E-state index contributed by atoms with van der Waals surface area (Å²) in [7, 11) is 9.52. The molecule has 6 amide bonds. The van der Waals surface area contributed by atoms with E-state index in [0.29, 0.717) is 59.2 Å². The van der Waals surface area contributed by atoms with Gasteiger partial charge in [-0.05, 0) is 158 Å². The molecule has 0 spiro atoms. The molecule has 732 valence electrons. The van der Waals surface area contributed by atoms with E-state index in [1.54, 1.807) is 78.8 Å². The number of halogens is 1. The number of carbonyl (C=O) groups is 10. The number of benzene rings is 2. The van der Waals surface area contributed by atoms with E-state index >= 15 is 0 Å². The van der Waals surface area contributed by atoms with Gasteiger partial charge in [-0.1, -0.05) is 95.5 Å². The van der Waals surface area contributed by atoms with Gasteiger partial charge in [0.1, 0.15) is 49.0 Å². The van der Waals surface area contributed by atoms with Crippen LogP contribution in [-0.2, 0) is 92.4 Å². The number of hydrogen-bond donors (Lipinski definition) is 12. The topological polar surface area (TPSA) is 517 Å². The molecular weight excluding hydrogens is 1890 g/mol. The molecule has 2 bridgehead atoms. The van der Waals surface area contributed by atoms with Crippen LogP contribution in [-0.4, -0.2) is 289 Å². The van der Waals surface area contributed by atoms with Gasteiger partial charge in [-0.15, -0.1) is 0 Å². The monoisotopic (exact) mass is 2020 g/mol. The van der Waals surface area contributed by atoms with Crippen LogP contribution in [0.15, 0.2) is 59.2 Å². The van der Waals surface area contributed by atoms with Gasteiger partial charge < -0.3 is 130 Å². The van der Waals surface area contributed by atoms with Crippen molar-refractivity contribution in [3.8, 4) is 40.9 Å². The maximum atomic E-state index is 14.7. The third-order valence-electron chi connectivity index (χ3n) is 23.4. The number of ketones is 3. The van der Waals surface area contributed by atoms with Crippen LogP contribution in [0.5, 0.6) is 17.2 Å². The number of rotatable bonds is 46. The number of esters is 1. The largest absolute Gasteiger partial charge is 0.492 e. The number of urea groups is 1. The Labute approximate surface area is 796 Å². The number of fused-ring (bicyclic) bond motifs is 2. The van der Waals surface area contributed by atoms with E-state index in [0.717, 1.165) is 18.9 Å². The zero-order valence-electron chi connectivity index (χ0n) is 77.4. The first kappa shape index (κ1) is 110. The van der Waals surface area contributed by atoms with Crippen molar-refractivity contribution in [3.63, 3.8) is 0 Å². The molecule has 6 aliphatic rings. The number of allylic oxidation sites excluding steroid dienone is 2. The fraction of sp³-hybridized carbons (Fsp3) is 0.648. The maximum Gasteiger partial charge on any atom is 0.410 e. The predicted octanol–water partition coefficient (Wildman–Crippen LogP) is 6.35. The van der Waals surface area contributed by atoms with E-state index in [2.05, 4.69) is 50.4 Å². The number of hydroxylamine groups is 1. The molecule has 14 N–H and O–H groups in total. The highest BCUT2D eigenvalue weighted by atomic mass is 127. The quantitative estimate of drug-likeness (QED) is 0.00857. The predicted molar refractivity (Wildman–Crippen MR) is 497 cm³/mol. The second-order valence-corrected chi connectivity index (χ2v) is 39.3. The summed E-state index contributed by atoms with van der Waals surface area (Å²) in [6.45, 7) is 19.1. The summed E-state index contributed by atoms with van der Waals surface area (Å²) in [5.41, 5.74) is 13.0. The van der Waals surface area contributed by atoms with Crippen LogP contribution in [0.4, 0.5) is 15.3 Å². The molecule has 132 heavy (non-hydrogen) atoms. The maximum absolute atomic E-state index is 14.7. The molecule has 37 nitrogen and oxygen atoms in total. The van der Waals surface area contributed by atoms with E-state index < -0.39 is 193 Å². The van der Waals surface area contributed by atoms with Gasteiger partial charge >= 0.3 is 18.1 Å².